The van der Waals surface area contributed by atoms with E-state index in [-0.39, 0.29) is 5.78 Å². The average molecular weight is 166 g/mol. The van der Waals surface area contributed by atoms with E-state index in [0.717, 1.165) is 6.42 Å². The molecule has 0 atom stereocenters. The summed E-state index contributed by atoms with van der Waals surface area (Å²) in [5.41, 5.74) is 0. The van der Waals surface area contributed by atoms with Gasteiger partial charge in [0.2, 0.25) is 0 Å². The number of rotatable bonds is 6. The molecular weight excluding hydrogens is 148 g/mol. The van der Waals surface area contributed by atoms with Crippen LogP contribution in [0.3, 0.4) is 0 Å². The van der Waals surface area contributed by atoms with Crippen molar-refractivity contribution >= 4 is 5.78 Å². The van der Waals surface area contributed by atoms with Crippen molar-refractivity contribution in [3.05, 3.63) is 24.3 Å². The fourth-order valence-corrected chi connectivity index (χ4v) is 0.878. The summed E-state index contributed by atoms with van der Waals surface area (Å²) < 4.78 is 0. The van der Waals surface area contributed by atoms with Gasteiger partial charge in [0.15, 0.2) is 5.78 Å². The number of hydrogen-bond donors (Lipinski definition) is 0. The first-order valence-electron chi connectivity index (χ1n) is 4.61. The molecule has 0 heterocycles. The van der Waals surface area contributed by atoms with E-state index in [1.807, 2.05) is 6.08 Å². The van der Waals surface area contributed by atoms with Crippen molar-refractivity contribution in [2.75, 3.05) is 0 Å². The molecule has 1 nitrogen and oxygen atoms in total. The highest BCUT2D eigenvalue weighted by Gasteiger charge is 1.80. The molecule has 0 amide bonds. The molecule has 0 saturated carbocycles. The van der Waals surface area contributed by atoms with Crippen molar-refractivity contribution < 1.29 is 4.79 Å². The lowest BCUT2D eigenvalue weighted by atomic mass is 10.2. The van der Waals surface area contributed by atoms with Crippen LogP contribution in [0.2, 0.25) is 0 Å². The second kappa shape index (κ2) is 8.25. The molecule has 68 valence electrons. The Hall–Kier alpha value is -0.850. The van der Waals surface area contributed by atoms with Crippen LogP contribution in [-0.2, 0) is 4.79 Å². The van der Waals surface area contributed by atoms with Crippen LogP contribution in [0.1, 0.15) is 39.5 Å². The van der Waals surface area contributed by atoms with E-state index >= 15 is 0 Å². The Balaban J connectivity index is 3.31. The molecule has 0 saturated heterocycles. The van der Waals surface area contributed by atoms with E-state index in [1.54, 1.807) is 19.1 Å². The average Bonchev–Trinajstić information content (AvgIpc) is 2.02. The predicted molar refractivity (Wildman–Crippen MR) is 53.1 cm³/mol. The zero-order valence-corrected chi connectivity index (χ0v) is 8.05. The molecule has 0 unspecified atom stereocenters. The summed E-state index contributed by atoms with van der Waals surface area (Å²) in [6.07, 6.45) is 12.4. The molecule has 12 heavy (non-hydrogen) atoms. The van der Waals surface area contributed by atoms with Crippen LogP contribution in [0.15, 0.2) is 24.3 Å². The molecule has 0 aliphatic heterocycles. The van der Waals surface area contributed by atoms with E-state index in [4.69, 9.17) is 0 Å². The lowest BCUT2D eigenvalue weighted by Gasteiger charge is -1.89. The number of ketones is 1. The van der Waals surface area contributed by atoms with Crippen LogP contribution >= 0.6 is 0 Å². The van der Waals surface area contributed by atoms with Crippen LogP contribution in [0.25, 0.3) is 0 Å². The molecule has 0 aromatic rings. The molecule has 0 aromatic carbocycles. The molecule has 0 bridgehead atoms. The first-order valence-corrected chi connectivity index (χ1v) is 4.61. The number of hydrogen-bond acceptors (Lipinski definition) is 1. The first-order chi connectivity index (χ1) is 5.77. The van der Waals surface area contributed by atoms with Crippen LogP contribution in [0.5, 0.6) is 0 Å². The summed E-state index contributed by atoms with van der Waals surface area (Å²) in [5.74, 6) is 0.105. The highest BCUT2D eigenvalue weighted by molar-refractivity contribution is 5.87. The van der Waals surface area contributed by atoms with Gasteiger partial charge in [-0.1, -0.05) is 38.0 Å². The van der Waals surface area contributed by atoms with Gasteiger partial charge in [-0.05, 0) is 25.8 Å². The Bertz CT molecular complexity index is 166. The highest BCUT2D eigenvalue weighted by Crippen LogP contribution is 1.99. The topological polar surface area (TPSA) is 17.1 Å². The third kappa shape index (κ3) is 9.15. The highest BCUT2D eigenvalue weighted by atomic mass is 16.1. The van der Waals surface area contributed by atoms with Gasteiger partial charge in [-0.25, -0.2) is 0 Å². The maximum absolute atomic E-state index is 10.5. The normalized spacial score (nSPS) is 11.5. The van der Waals surface area contributed by atoms with Crippen LogP contribution in [-0.4, -0.2) is 5.78 Å². The van der Waals surface area contributed by atoms with Crippen LogP contribution in [0.4, 0.5) is 0 Å². The number of carbonyl (C=O) groups is 1. The fraction of sp³-hybridized carbons (Fsp3) is 0.545. The molecule has 0 aliphatic rings. The Labute approximate surface area is 75.2 Å². The predicted octanol–water partition coefficient (Wildman–Crippen LogP) is 3.27. The van der Waals surface area contributed by atoms with Gasteiger partial charge >= 0.3 is 0 Å². The van der Waals surface area contributed by atoms with E-state index in [0.29, 0.717) is 0 Å². The van der Waals surface area contributed by atoms with Crippen molar-refractivity contribution in [2.24, 2.45) is 0 Å². The van der Waals surface area contributed by atoms with Crippen LogP contribution in [0, 0.1) is 0 Å². The zero-order chi connectivity index (χ0) is 9.23. The van der Waals surface area contributed by atoms with Crippen molar-refractivity contribution in [3.8, 4) is 0 Å². The maximum atomic E-state index is 10.5. The summed E-state index contributed by atoms with van der Waals surface area (Å²) in [6.45, 7) is 3.75. The summed E-state index contributed by atoms with van der Waals surface area (Å²) in [5, 5.41) is 0. The third-order valence-corrected chi connectivity index (χ3v) is 1.55. The van der Waals surface area contributed by atoms with Crippen LogP contribution < -0.4 is 0 Å². The minimum atomic E-state index is 0.105. The van der Waals surface area contributed by atoms with Gasteiger partial charge in [0.05, 0.1) is 0 Å². The second-order valence-electron chi connectivity index (χ2n) is 2.89. The number of carbonyl (C=O) groups excluding carboxylic acids is 1. The van der Waals surface area contributed by atoms with E-state index < -0.39 is 0 Å². The van der Waals surface area contributed by atoms with Gasteiger partial charge in [-0.2, -0.15) is 0 Å². The van der Waals surface area contributed by atoms with E-state index in [1.165, 1.54) is 19.3 Å². The van der Waals surface area contributed by atoms with Gasteiger partial charge in [0, 0.05) is 0 Å². The van der Waals surface area contributed by atoms with E-state index in [2.05, 4.69) is 13.0 Å². The molecule has 0 spiro atoms. The minimum Gasteiger partial charge on any atom is -0.295 e. The standard InChI is InChI=1S/C11H18O/c1-3-4-5-6-7-8-9-10-11(2)12/h7-10H,3-6H2,1-2H3/b8-7-,10-9+. The van der Waals surface area contributed by atoms with Gasteiger partial charge < -0.3 is 0 Å². The summed E-state index contributed by atoms with van der Waals surface area (Å²) in [6, 6.07) is 0. The smallest absolute Gasteiger partial charge is 0.152 e. The lowest BCUT2D eigenvalue weighted by molar-refractivity contribution is -0.112. The molecule has 0 N–H and O–H groups in total. The summed E-state index contributed by atoms with van der Waals surface area (Å²) in [7, 11) is 0. The van der Waals surface area contributed by atoms with Crippen molar-refractivity contribution in [2.45, 2.75) is 39.5 Å². The lowest BCUT2D eigenvalue weighted by Crippen LogP contribution is -1.77. The quantitative estimate of drug-likeness (QED) is 0.336. The molecule has 0 rings (SSSR count). The maximum Gasteiger partial charge on any atom is 0.152 e. The molecular formula is C11H18O. The Morgan fingerprint density at radius 2 is 2.00 bits per heavy atom. The van der Waals surface area contributed by atoms with Crippen molar-refractivity contribution in [3.63, 3.8) is 0 Å². The van der Waals surface area contributed by atoms with E-state index in [9.17, 15) is 4.79 Å². The fourth-order valence-electron chi connectivity index (χ4n) is 0.878. The first kappa shape index (κ1) is 11.2. The summed E-state index contributed by atoms with van der Waals surface area (Å²) in [4.78, 5) is 10.5. The SMILES string of the molecule is CCCCC/C=C\C=C\C(C)=O. The van der Waals surface area contributed by atoms with Crippen molar-refractivity contribution in [1.82, 2.24) is 0 Å². The Morgan fingerprint density at radius 3 is 2.58 bits per heavy atom. The van der Waals surface area contributed by atoms with Gasteiger partial charge in [0.25, 0.3) is 0 Å². The van der Waals surface area contributed by atoms with Gasteiger partial charge in [0.1, 0.15) is 0 Å². The number of unbranched alkanes of at least 4 members (excludes halogenated alkanes) is 3. The largest absolute Gasteiger partial charge is 0.295 e. The molecule has 1 heteroatoms. The zero-order valence-electron chi connectivity index (χ0n) is 8.05. The Morgan fingerprint density at radius 1 is 1.25 bits per heavy atom. The number of allylic oxidation sites excluding steroid dienone is 4. The van der Waals surface area contributed by atoms with Gasteiger partial charge in [-0.3, -0.25) is 4.79 Å². The molecule has 0 radical (unpaired) electrons. The Kier molecular flexibility index (Phi) is 7.66. The monoisotopic (exact) mass is 166 g/mol. The van der Waals surface area contributed by atoms with Gasteiger partial charge in [-0.15, -0.1) is 0 Å². The third-order valence-electron chi connectivity index (χ3n) is 1.55. The van der Waals surface area contributed by atoms with Crippen molar-refractivity contribution in [1.29, 1.82) is 0 Å². The molecule has 0 aliphatic carbocycles. The molecule has 0 fully saturated rings. The summed E-state index contributed by atoms with van der Waals surface area (Å²) >= 11 is 0. The molecule has 0 aromatic heterocycles. The second-order valence-corrected chi connectivity index (χ2v) is 2.89. The minimum absolute atomic E-state index is 0.105.